The number of likely N-dealkylation sites (N-methyl/N-ethyl adjacent to an activating group) is 1. The van der Waals surface area contributed by atoms with Crippen LogP contribution in [0.3, 0.4) is 0 Å². The highest BCUT2D eigenvalue weighted by molar-refractivity contribution is 5.84. The minimum absolute atomic E-state index is 0.0464. The Kier molecular flexibility index (Phi) is 5.46. The van der Waals surface area contributed by atoms with E-state index in [2.05, 4.69) is 74.3 Å². The van der Waals surface area contributed by atoms with Crippen LogP contribution in [0.5, 0.6) is 0 Å². The number of hydrogen-bond donors (Lipinski definition) is 1. The lowest BCUT2D eigenvalue weighted by atomic mass is 9.75. The van der Waals surface area contributed by atoms with Crippen LogP contribution >= 0.6 is 0 Å². The summed E-state index contributed by atoms with van der Waals surface area (Å²) in [7, 11) is 0. The van der Waals surface area contributed by atoms with E-state index >= 15 is 0 Å². The Balaban J connectivity index is 1.85. The number of nitrogens with zero attached hydrogens (tertiary/aromatic N) is 2. The highest BCUT2D eigenvalue weighted by Crippen LogP contribution is 2.44. The van der Waals surface area contributed by atoms with Crippen LogP contribution in [0.15, 0.2) is 71.6 Å². The van der Waals surface area contributed by atoms with Crippen molar-refractivity contribution in [2.24, 2.45) is 5.92 Å². The summed E-state index contributed by atoms with van der Waals surface area (Å²) in [6, 6.07) is 18.9. The minimum atomic E-state index is -0.610. The maximum Gasteiger partial charge on any atom is 0.205 e. The average Bonchev–Trinajstić information content (AvgIpc) is 2.75. The van der Waals surface area contributed by atoms with Gasteiger partial charge in [0.1, 0.15) is 11.7 Å². The summed E-state index contributed by atoms with van der Waals surface area (Å²) >= 11 is 0. The zero-order chi connectivity index (χ0) is 21.3. The summed E-state index contributed by atoms with van der Waals surface area (Å²) in [6.07, 6.45) is 2.91. The van der Waals surface area contributed by atoms with Crippen molar-refractivity contribution in [1.29, 1.82) is 10.7 Å². The van der Waals surface area contributed by atoms with Gasteiger partial charge >= 0.3 is 0 Å². The predicted molar refractivity (Wildman–Crippen MR) is 119 cm³/mol. The van der Waals surface area contributed by atoms with Gasteiger partial charge in [-0.2, -0.15) is 5.26 Å². The van der Waals surface area contributed by atoms with E-state index in [1.165, 1.54) is 11.1 Å². The third-order valence-corrected chi connectivity index (χ3v) is 6.21. The van der Waals surface area contributed by atoms with Gasteiger partial charge in [-0.15, -0.1) is 0 Å². The summed E-state index contributed by atoms with van der Waals surface area (Å²) in [5.74, 6) is 0.0567. The van der Waals surface area contributed by atoms with Crippen molar-refractivity contribution in [3.63, 3.8) is 0 Å². The van der Waals surface area contributed by atoms with Crippen LogP contribution in [0.25, 0.3) is 0 Å². The molecule has 1 N–H and O–H groups in total. The first-order chi connectivity index (χ1) is 14.5. The van der Waals surface area contributed by atoms with Gasteiger partial charge in [-0.05, 0) is 43.0 Å². The van der Waals surface area contributed by atoms with Crippen molar-refractivity contribution in [3.05, 3.63) is 93.9 Å². The fourth-order valence-corrected chi connectivity index (χ4v) is 4.50. The summed E-state index contributed by atoms with van der Waals surface area (Å²) < 4.78 is 6.05. The number of aryl methyl sites for hydroxylation is 2. The van der Waals surface area contributed by atoms with E-state index in [1.807, 2.05) is 12.1 Å². The Hall–Kier alpha value is -3.32. The molecule has 2 aliphatic heterocycles. The molecule has 0 radical (unpaired) electrons. The van der Waals surface area contributed by atoms with Gasteiger partial charge in [0.05, 0.1) is 6.07 Å². The molecule has 2 heterocycles. The van der Waals surface area contributed by atoms with Gasteiger partial charge in [-0.25, -0.2) is 0 Å². The number of benzene rings is 2. The maximum absolute atomic E-state index is 9.91. The molecule has 4 nitrogen and oxygen atoms in total. The number of allylic oxidation sites excluding steroid dienone is 1. The number of hydrogen-bond acceptors (Lipinski definition) is 4. The second kappa shape index (κ2) is 8.20. The van der Waals surface area contributed by atoms with E-state index < -0.39 is 5.92 Å². The summed E-state index contributed by atoms with van der Waals surface area (Å²) in [4.78, 5) is 2.28. The summed E-state index contributed by atoms with van der Waals surface area (Å²) in [6.45, 7) is 7.94. The Bertz CT molecular complexity index is 1090. The molecule has 4 heteroatoms. The molecule has 2 atom stereocenters. The molecular weight excluding hydrogens is 370 g/mol. The van der Waals surface area contributed by atoms with Crippen molar-refractivity contribution in [3.8, 4) is 6.07 Å². The number of rotatable bonds is 4. The zero-order valence-electron chi connectivity index (χ0n) is 17.8. The van der Waals surface area contributed by atoms with Gasteiger partial charge in [0, 0.05) is 42.8 Å². The second-order valence-electron chi connectivity index (χ2n) is 8.08. The van der Waals surface area contributed by atoms with Crippen molar-refractivity contribution >= 4 is 5.90 Å². The monoisotopic (exact) mass is 397 g/mol. The molecule has 0 bridgehead atoms. The number of nitrogens with one attached hydrogen (secondary N) is 1. The van der Waals surface area contributed by atoms with Crippen LogP contribution in [0, 0.1) is 36.5 Å². The average molecular weight is 398 g/mol. The van der Waals surface area contributed by atoms with Crippen LogP contribution in [-0.4, -0.2) is 23.9 Å². The number of ether oxygens (including phenoxy) is 1. The lowest BCUT2D eigenvalue weighted by Crippen LogP contribution is -2.38. The fraction of sp³-hybridized carbons (Fsp3) is 0.308. The van der Waals surface area contributed by atoms with E-state index in [4.69, 9.17) is 10.1 Å². The quantitative estimate of drug-likeness (QED) is 0.766. The van der Waals surface area contributed by atoms with Gasteiger partial charge in [-0.1, -0.05) is 48.5 Å². The van der Waals surface area contributed by atoms with Gasteiger partial charge in [-0.3, -0.25) is 5.41 Å². The fourth-order valence-electron chi connectivity index (χ4n) is 4.50. The van der Waals surface area contributed by atoms with Crippen LogP contribution in [0.4, 0.5) is 0 Å². The molecule has 0 aliphatic carbocycles. The van der Waals surface area contributed by atoms with E-state index in [9.17, 15) is 5.26 Å². The molecule has 0 fully saturated rings. The van der Waals surface area contributed by atoms with Gasteiger partial charge in [0.2, 0.25) is 5.90 Å². The molecular formula is C26H27N3O. The normalized spacial score (nSPS) is 20.9. The Labute approximate surface area is 178 Å². The maximum atomic E-state index is 9.91. The molecule has 2 aromatic rings. The van der Waals surface area contributed by atoms with Crippen molar-refractivity contribution in [2.45, 2.75) is 33.1 Å². The zero-order valence-corrected chi connectivity index (χ0v) is 17.8. The third kappa shape index (κ3) is 3.52. The van der Waals surface area contributed by atoms with E-state index in [-0.39, 0.29) is 11.8 Å². The van der Waals surface area contributed by atoms with Crippen LogP contribution in [0.2, 0.25) is 0 Å². The molecule has 0 aromatic heterocycles. The van der Waals surface area contributed by atoms with Crippen molar-refractivity contribution in [1.82, 2.24) is 4.90 Å². The molecule has 30 heavy (non-hydrogen) atoms. The molecule has 4 rings (SSSR count). The first-order valence-corrected chi connectivity index (χ1v) is 10.5. The van der Waals surface area contributed by atoms with Crippen LogP contribution in [-0.2, 0) is 11.2 Å². The van der Waals surface area contributed by atoms with Crippen LogP contribution in [0.1, 0.15) is 35.1 Å². The molecule has 152 valence electrons. The Morgan fingerprint density at radius 3 is 2.47 bits per heavy atom. The van der Waals surface area contributed by atoms with Crippen molar-refractivity contribution in [2.75, 3.05) is 13.1 Å². The molecule has 2 unspecified atom stereocenters. The Morgan fingerprint density at radius 1 is 1.10 bits per heavy atom. The summed E-state index contributed by atoms with van der Waals surface area (Å²) in [5, 5.41) is 18.4. The standard InChI is InChI=1S/C26H27N3O/c1-4-29-15-20(13-19-11-7-5-9-17(19)2)25-23(16-29)24(22(14-27)26(28)30-25)21-12-8-6-10-18(21)3/h5-12,15,22,24,28H,4,13,16H2,1-3H3. The lowest BCUT2D eigenvalue weighted by molar-refractivity contribution is 0.307. The van der Waals surface area contributed by atoms with E-state index in [0.717, 1.165) is 41.0 Å². The van der Waals surface area contributed by atoms with Crippen LogP contribution < -0.4 is 0 Å². The highest BCUT2D eigenvalue weighted by atomic mass is 16.5. The SMILES string of the molecule is CCN1C=C(Cc2ccccc2C)C2=C(C1)C(c1ccccc1C)C(C#N)C(=N)O2. The smallest absolute Gasteiger partial charge is 0.205 e. The second-order valence-corrected chi connectivity index (χ2v) is 8.08. The first-order valence-electron chi connectivity index (χ1n) is 10.5. The Morgan fingerprint density at radius 2 is 1.80 bits per heavy atom. The molecule has 0 saturated heterocycles. The molecule has 2 aliphatic rings. The summed E-state index contributed by atoms with van der Waals surface area (Å²) in [5.41, 5.74) is 6.93. The van der Waals surface area contributed by atoms with Crippen molar-refractivity contribution < 1.29 is 4.74 Å². The minimum Gasteiger partial charge on any atom is -0.442 e. The lowest BCUT2D eigenvalue weighted by Gasteiger charge is -2.39. The molecule has 0 saturated carbocycles. The van der Waals surface area contributed by atoms with Gasteiger partial charge in [0.25, 0.3) is 0 Å². The van der Waals surface area contributed by atoms with E-state index in [1.54, 1.807) is 0 Å². The van der Waals surface area contributed by atoms with E-state index in [0.29, 0.717) is 6.54 Å². The molecule has 0 amide bonds. The number of nitriles is 1. The molecule has 2 aromatic carbocycles. The van der Waals surface area contributed by atoms with Gasteiger partial charge < -0.3 is 9.64 Å². The predicted octanol–water partition coefficient (Wildman–Crippen LogP) is 5.25. The van der Waals surface area contributed by atoms with Gasteiger partial charge in [0.15, 0.2) is 0 Å². The first kappa shape index (κ1) is 20.0. The largest absolute Gasteiger partial charge is 0.442 e. The highest BCUT2D eigenvalue weighted by Gasteiger charge is 2.41. The topological polar surface area (TPSA) is 60.1 Å². The molecule has 0 spiro atoms. The third-order valence-electron chi connectivity index (χ3n) is 6.21.